The van der Waals surface area contributed by atoms with Crippen LogP contribution in [0.4, 0.5) is 5.69 Å². The van der Waals surface area contributed by atoms with Crippen molar-refractivity contribution >= 4 is 23.4 Å². The number of allylic oxidation sites excluding steroid dienone is 2. The summed E-state index contributed by atoms with van der Waals surface area (Å²) in [5.41, 5.74) is 3.50. The van der Waals surface area contributed by atoms with Crippen molar-refractivity contribution in [2.24, 2.45) is 0 Å². The number of nitrogens with zero attached hydrogens (tertiary/aromatic N) is 1. The maximum absolute atomic E-state index is 13.3. The summed E-state index contributed by atoms with van der Waals surface area (Å²) in [5, 5.41) is 17.1. The van der Waals surface area contributed by atoms with Crippen LogP contribution in [0.2, 0.25) is 0 Å². The number of thioether (sulfide) groups is 1. The Labute approximate surface area is 191 Å². The maximum atomic E-state index is 13.3. The first-order chi connectivity index (χ1) is 15.6. The first kappa shape index (κ1) is 21.5. The average Bonchev–Trinajstić information content (AvgIpc) is 3.24. The molecule has 3 aromatic rings. The summed E-state index contributed by atoms with van der Waals surface area (Å²) in [6.07, 6.45) is 0. The van der Waals surface area contributed by atoms with E-state index in [2.05, 4.69) is 28.8 Å². The second-order valence-corrected chi connectivity index (χ2v) is 8.48. The molecule has 0 spiro atoms. The predicted octanol–water partition coefficient (Wildman–Crippen LogP) is 5.86. The quantitative estimate of drug-likeness (QED) is 0.501. The van der Waals surface area contributed by atoms with Gasteiger partial charge in [0.05, 0.1) is 28.2 Å². The molecule has 160 valence electrons. The molecule has 0 saturated carbocycles. The van der Waals surface area contributed by atoms with Crippen molar-refractivity contribution < 1.29 is 9.21 Å². The molecule has 0 saturated heterocycles. The molecule has 1 amide bonds. The monoisotopic (exact) mass is 441 g/mol. The van der Waals surface area contributed by atoms with Crippen LogP contribution in [-0.4, -0.2) is 5.91 Å². The lowest BCUT2D eigenvalue weighted by Gasteiger charge is -2.28. The molecule has 0 fully saturated rings. The summed E-state index contributed by atoms with van der Waals surface area (Å²) in [4.78, 5) is 13.3. The van der Waals surface area contributed by atoms with E-state index in [1.54, 1.807) is 11.8 Å². The Hall–Kier alpha value is -3.69. The summed E-state index contributed by atoms with van der Waals surface area (Å²) in [6, 6.07) is 25.4. The van der Waals surface area contributed by atoms with Gasteiger partial charge in [-0.15, -0.1) is 11.8 Å². The van der Waals surface area contributed by atoms with Crippen LogP contribution < -0.4 is 10.6 Å². The molecular formula is C26H23N3O2S. The molecule has 2 aromatic carbocycles. The van der Waals surface area contributed by atoms with Gasteiger partial charge in [0.2, 0.25) is 0 Å². The zero-order valence-corrected chi connectivity index (χ0v) is 18.7. The molecular weight excluding hydrogens is 418 g/mol. The van der Waals surface area contributed by atoms with Crippen LogP contribution in [0.15, 0.2) is 99.1 Å². The Balaban J connectivity index is 1.70. The standard InChI is InChI=1S/C26H23N3O2S/c1-17-13-14-22(31-17)24-21(15-27)26(32-16-19-9-5-3-6-10-19)28-18(2)23(24)25(30)29-20-11-7-4-8-12-20/h3-14,24,28H,16H2,1-2H3,(H,29,30)/t24-/m0/s1. The Morgan fingerprint density at radius 2 is 1.75 bits per heavy atom. The normalized spacial score (nSPS) is 15.8. The number of anilines is 1. The Kier molecular flexibility index (Phi) is 6.48. The van der Waals surface area contributed by atoms with Gasteiger partial charge in [-0.2, -0.15) is 5.26 Å². The van der Waals surface area contributed by atoms with E-state index in [9.17, 15) is 10.1 Å². The first-order valence-electron chi connectivity index (χ1n) is 10.3. The average molecular weight is 442 g/mol. The number of nitriles is 1. The lowest BCUT2D eigenvalue weighted by molar-refractivity contribution is -0.113. The molecule has 2 N–H and O–H groups in total. The minimum atomic E-state index is -0.586. The molecule has 0 aliphatic carbocycles. The van der Waals surface area contributed by atoms with E-state index in [0.717, 1.165) is 16.4 Å². The lowest BCUT2D eigenvalue weighted by atomic mass is 9.85. The highest BCUT2D eigenvalue weighted by Gasteiger charge is 2.36. The fraction of sp³-hybridized carbons (Fsp3) is 0.154. The minimum Gasteiger partial charge on any atom is -0.465 e. The van der Waals surface area contributed by atoms with E-state index in [1.165, 1.54) is 0 Å². The van der Waals surface area contributed by atoms with E-state index >= 15 is 0 Å². The van der Waals surface area contributed by atoms with Crippen LogP contribution in [0.25, 0.3) is 0 Å². The number of rotatable bonds is 6. The molecule has 1 atom stereocenters. The van der Waals surface area contributed by atoms with Crippen molar-refractivity contribution in [3.8, 4) is 6.07 Å². The molecule has 6 heteroatoms. The number of carbonyl (C=O) groups excluding carboxylic acids is 1. The molecule has 4 rings (SSSR count). The number of aryl methyl sites for hydroxylation is 1. The van der Waals surface area contributed by atoms with Gasteiger partial charge in [0.15, 0.2) is 0 Å². The second-order valence-electron chi connectivity index (χ2n) is 7.49. The molecule has 2 heterocycles. The van der Waals surface area contributed by atoms with Gasteiger partial charge < -0.3 is 15.1 Å². The Morgan fingerprint density at radius 1 is 1.06 bits per heavy atom. The third-order valence-electron chi connectivity index (χ3n) is 5.20. The molecule has 1 aliphatic rings. The van der Waals surface area contributed by atoms with Gasteiger partial charge in [-0.05, 0) is 43.7 Å². The van der Waals surface area contributed by atoms with Gasteiger partial charge in [-0.25, -0.2) is 0 Å². The fourth-order valence-electron chi connectivity index (χ4n) is 3.67. The summed E-state index contributed by atoms with van der Waals surface area (Å²) in [6.45, 7) is 3.71. The van der Waals surface area contributed by atoms with Gasteiger partial charge in [0.1, 0.15) is 11.5 Å². The van der Waals surface area contributed by atoms with Gasteiger partial charge in [0, 0.05) is 17.1 Å². The molecule has 1 aromatic heterocycles. The van der Waals surface area contributed by atoms with E-state index in [1.807, 2.05) is 74.5 Å². The topological polar surface area (TPSA) is 78.1 Å². The molecule has 1 aliphatic heterocycles. The van der Waals surface area contributed by atoms with Crippen LogP contribution in [0.3, 0.4) is 0 Å². The minimum absolute atomic E-state index is 0.264. The van der Waals surface area contributed by atoms with Gasteiger partial charge in [-0.1, -0.05) is 48.5 Å². The summed E-state index contributed by atoms with van der Waals surface area (Å²) in [7, 11) is 0. The van der Waals surface area contributed by atoms with Gasteiger partial charge >= 0.3 is 0 Å². The van der Waals surface area contributed by atoms with Crippen molar-refractivity contribution in [2.45, 2.75) is 25.5 Å². The van der Waals surface area contributed by atoms with Gasteiger partial charge in [0.25, 0.3) is 5.91 Å². The van der Waals surface area contributed by atoms with Crippen LogP contribution in [0.1, 0.15) is 29.9 Å². The van der Waals surface area contributed by atoms with Crippen molar-refractivity contribution in [1.29, 1.82) is 5.26 Å². The van der Waals surface area contributed by atoms with Crippen molar-refractivity contribution in [1.82, 2.24) is 5.32 Å². The van der Waals surface area contributed by atoms with E-state index in [4.69, 9.17) is 4.42 Å². The highest BCUT2D eigenvalue weighted by atomic mass is 32.2. The van der Waals surface area contributed by atoms with Crippen molar-refractivity contribution in [3.63, 3.8) is 0 Å². The largest absolute Gasteiger partial charge is 0.465 e. The van der Waals surface area contributed by atoms with Crippen LogP contribution in [0, 0.1) is 18.3 Å². The summed E-state index contributed by atoms with van der Waals surface area (Å²) in [5.74, 6) is 1.17. The molecule has 5 nitrogen and oxygen atoms in total. The molecule has 0 radical (unpaired) electrons. The van der Waals surface area contributed by atoms with Crippen LogP contribution in [-0.2, 0) is 10.5 Å². The number of benzene rings is 2. The number of hydrogen-bond donors (Lipinski definition) is 2. The van der Waals surface area contributed by atoms with E-state index in [-0.39, 0.29) is 5.91 Å². The van der Waals surface area contributed by atoms with Crippen LogP contribution in [0.5, 0.6) is 0 Å². The number of furan rings is 1. The van der Waals surface area contributed by atoms with Gasteiger partial charge in [-0.3, -0.25) is 4.79 Å². The third-order valence-corrected chi connectivity index (χ3v) is 6.28. The maximum Gasteiger partial charge on any atom is 0.254 e. The Morgan fingerprint density at radius 3 is 2.38 bits per heavy atom. The second kappa shape index (κ2) is 9.63. The summed E-state index contributed by atoms with van der Waals surface area (Å²) < 4.78 is 5.91. The number of hydrogen-bond acceptors (Lipinski definition) is 5. The lowest BCUT2D eigenvalue weighted by Crippen LogP contribution is -2.30. The molecule has 32 heavy (non-hydrogen) atoms. The SMILES string of the molecule is CC1=C(C(=O)Nc2ccccc2)[C@H](c2ccc(C)o2)C(C#N)=C(SCc2ccccc2)N1. The first-order valence-corrected chi connectivity index (χ1v) is 11.3. The summed E-state index contributed by atoms with van der Waals surface area (Å²) >= 11 is 1.55. The smallest absolute Gasteiger partial charge is 0.254 e. The number of para-hydroxylation sites is 1. The highest BCUT2D eigenvalue weighted by Crippen LogP contribution is 2.42. The van der Waals surface area contributed by atoms with Crippen LogP contribution >= 0.6 is 11.8 Å². The number of nitrogens with one attached hydrogen (secondary N) is 2. The number of amides is 1. The fourth-order valence-corrected chi connectivity index (χ4v) is 4.72. The van der Waals surface area contributed by atoms with E-state index < -0.39 is 5.92 Å². The third kappa shape index (κ3) is 4.63. The molecule has 0 unspecified atom stereocenters. The zero-order valence-electron chi connectivity index (χ0n) is 17.9. The Bertz CT molecular complexity index is 1220. The molecule has 0 bridgehead atoms. The van der Waals surface area contributed by atoms with E-state index in [0.29, 0.717) is 34.0 Å². The number of dihydropyridines is 1. The van der Waals surface area contributed by atoms with Crippen molar-refractivity contribution in [2.75, 3.05) is 5.32 Å². The highest BCUT2D eigenvalue weighted by molar-refractivity contribution is 8.02. The number of carbonyl (C=O) groups is 1. The predicted molar refractivity (Wildman–Crippen MR) is 127 cm³/mol. The van der Waals surface area contributed by atoms with Crippen molar-refractivity contribution in [3.05, 3.63) is 112 Å². The zero-order chi connectivity index (χ0) is 22.5.